The van der Waals surface area contributed by atoms with Crippen molar-refractivity contribution in [2.24, 2.45) is 0 Å². The van der Waals surface area contributed by atoms with Gasteiger partial charge in [0.05, 0.1) is 8.07 Å². The predicted octanol–water partition coefficient (Wildman–Crippen LogP) is 3.36. The molecule has 0 amide bonds. The van der Waals surface area contributed by atoms with Gasteiger partial charge in [0.1, 0.15) is 0 Å². The molecule has 0 fully saturated rings. The molecule has 0 aliphatic carbocycles. The molecule has 0 saturated heterocycles. The standard InChI is InChI=1S/C13H23NSi/c1-5-12-11-13(9-10-14-12)15(6-2,7-3)8-4/h9-11H,5-8H2,1-4H3. The first-order valence-corrected chi connectivity index (χ1v) is 8.80. The summed E-state index contributed by atoms with van der Waals surface area (Å²) >= 11 is 0. The Bertz CT molecular complexity index is 297. The van der Waals surface area contributed by atoms with E-state index in [-0.39, 0.29) is 0 Å². The van der Waals surface area contributed by atoms with E-state index in [4.69, 9.17) is 0 Å². The molecular weight excluding hydrogens is 198 g/mol. The van der Waals surface area contributed by atoms with Crippen LogP contribution in [-0.2, 0) is 6.42 Å². The monoisotopic (exact) mass is 221 g/mol. The van der Waals surface area contributed by atoms with Crippen LogP contribution in [0.2, 0.25) is 18.1 Å². The summed E-state index contributed by atoms with van der Waals surface area (Å²) in [5.74, 6) is 0. The molecule has 1 rings (SSSR count). The molecule has 0 spiro atoms. The van der Waals surface area contributed by atoms with Gasteiger partial charge in [0.2, 0.25) is 0 Å². The summed E-state index contributed by atoms with van der Waals surface area (Å²) in [5, 5.41) is 1.61. The highest BCUT2D eigenvalue weighted by atomic mass is 28.3. The van der Waals surface area contributed by atoms with E-state index in [1.165, 1.54) is 23.8 Å². The third-order valence-electron chi connectivity index (χ3n) is 3.82. The lowest BCUT2D eigenvalue weighted by Gasteiger charge is -2.28. The number of hydrogen-bond donors (Lipinski definition) is 0. The molecular formula is C13H23NSi. The zero-order valence-electron chi connectivity index (χ0n) is 10.5. The normalized spacial score (nSPS) is 11.7. The highest BCUT2D eigenvalue weighted by molar-refractivity contribution is 6.91. The Hall–Kier alpha value is -0.633. The van der Waals surface area contributed by atoms with E-state index in [9.17, 15) is 0 Å². The van der Waals surface area contributed by atoms with Crippen LogP contribution in [0.1, 0.15) is 33.4 Å². The van der Waals surface area contributed by atoms with E-state index >= 15 is 0 Å². The van der Waals surface area contributed by atoms with Gasteiger partial charge < -0.3 is 0 Å². The molecule has 0 N–H and O–H groups in total. The highest BCUT2D eigenvalue weighted by Crippen LogP contribution is 2.20. The molecule has 0 aliphatic rings. The molecule has 0 atom stereocenters. The van der Waals surface area contributed by atoms with E-state index in [1.54, 1.807) is 5.19 Å². The minimum atomic E-state index is -1.18. The van der Waals surface area contributed by atoms with Crippen molar-refractivity contribution in [2.75, 3.05) is 0 Å². The maximum Gasteiger partial charge on any atom is 0.0860 e. The zero-order valence-corrected chi connectivity index (χ0v) is 11.5. The summed E-state index contributed by atoms with van der Waals surface area (Å²) in [5.41, 5.74) is 1.25. The van der Waals surface area contributed by atoms with Crippen molar-refractivity contribution < 1.29 is 0 Å². The van der Waals surface area contributed by atoms with E-state index in [0.29, 0.717) is 0 Å². The fourth-order valence-electron chi connectivity index (χ4n) is 2.36. The molecule has 0 unspecified atom stereocenters. The maximum absolute atomic E-state index is 4.40. The van der Waals surface area contributed by atoms with Crippen LogP contribution in [0.3, 0.4) is 0 Å². The summed E-state index contributed by atoms with van der Waals surface area (Å²) in [6, 6.07) is 8.66. The summed E-state index contributed by atoms with van der Waals surface area (Å²) in [4.78, 5) is 4.40. The van der Waals surface area contributed by atoms with Crippen molar-refractivity contribution >= 4 is 13.3 Å². The quantitative estimate of drug-likeness (QED) is 0.695. The number of rotatable bonds is 5. The minimum absolute atomic E-state index is 1.05. The molecule has 1 nitrogen and oxygen atoms in total. The molecule has 15 heavy (non-hydrogen) atoms. The smallest absolute Gasteiger partial charge is 0.0860 e. The van der Waals surface area contributed by atoms with Crippen LogP contribution >= 0.6 is 0 Å². The number of nitrogens with zero attached hydrogens (tertiary/aromatic N) is 1. The van der Waals surface area contributed by atoms with Crippen molar-refractivity contribution in [3.05, 3.63) is 24.0 Å². The lowest BCUT2D eigenvalue weighted by atomic mass is 10.3. The van der Waals surface area contributed by atoms with Crippen LogP contribution in [0.4, 0.5) is 0 Å². The van der Waals surface area contributed by atoms with E-state index in [2.05, 4.69) is 44.8 Å². The minimum Gasteiger partial charge on any atom is -0.261 e. The van der Waals surface area contributed by atoms with Crippen LogP contribution in [0.5, 0.6) is 0 Å². The van der Waals surface area contributed by atoms with E-state index in [0.717, 1.165) is 6.42 Å². The van der Waals surface area contributed by atoms with Gasteiger partial charge in [-0.05, 0) is 18.6 Å². The lowest BCUT2D eigenvalue weighted by Crippen LogP contribution is -2.45. The fraction of sp³-hybridized carbons (Fsp3) is 0.615. The molecule has 2 heteroatoms. The first-order chi connectivity index (χ1) is 7.22. The molecule has 0 saturated carbocycles. The van der Waals surface area contributed by atoms with Gasteiger partial charge in [-0.25, -0.2) is 0 Å². The number of pyridine rings is 1. The molecule has 0 aromatic carbocycles. The van der Waals surface area contributed by atoms with Crippen LogP contribution < -0.4 is 5.19 Å². The van der Waals surface area contributed by atoms with Crippen molar-refractivity contribution in [3.8, 4) is 0 Å². The fourth-order valence-corrected chi connectivity index (χ4v) is 5.99. The summed E-state index contributed by atoms with van der Waals surface area (Å²) in [6.07, 6.45) is 3.05. The van der Waals surface area contributed by atoms with Crippen LogP contribution in [0.15, 0.2) is 18.3 Å². The maximum atomic E-state index is 4.40. The third kappa shape index (κ3) is 2.48. The Morgan fingerprint density at radius 2 is 1.67 bits per heavy atom. The number of aryl methyl sites for hydroxylation is 1. The third-order valence-corrected chi connectivity index (χ3v) is 9.42. The second-order valence-electron chi connectivity index (χ2n) is 4.23. The Kier molecular flexibility index (Phi) is 4.52. The Labute approximate surface area is 95.0 Å². The Morgan fingerprint density at radius 1 is 1.07 bits per heavy atom. The summed E-state index contributed by atoms with van der Waals surface area (Å²) in [7, 11) is -1.18. The van der Waals surface area contributed by atoms with Crippen LogP contribution in [-0.4, -0.2) is 13.1 Å². The van der Waals surface area contributed by atoms with Gasteiger partial charge in [-0.3, -0.25) is 4.98 Å². The molecule has 0 radical (unpaired) electrons. The van der Waals surface area contributed by atoms with Gasteiger partial charge in [0.25, 0.3) is 0 Å². The molecule has 1 heterocycles. The summed E-state index contributed by atoms with van der Waals surface area (Å²) < 4.78 is 0. The zero-order chi connectivity index (χ0) is 11.3. The van der Waals surface area contributed by atoms with Gasteiger partial charge in [-0.15, -0.1) is 0 Å². The lowest BCUT2D eigenvalue weighted by molar-refractivity contribution is 1.04. The average molecular weight is 221 g/mol. The molecule has 1 aromatic rings. The van der Waals surface area contributed by atoms with Crippen molar-refractivity contribution in [3.63, 3.8) is 0 Å². The number of aromatic nitrogens is 1. The van der Waals surface area contributed by atoms with Crippen molar-refractivity contribution in [1.82, 2.24) is 4.98 Å². The Balaban J connectivity index is 3.10. The second kappa shape index (κ2) is 5.45. The van der Waals surface area contributed by atoms with Crippen molar-refractivity contribution in [2.45, 2.75) is 52.2 Å². The predicted molar refractivity (Wildman–Crippen MR) is 70.4 cm³/mol. The molecule has 0 bridgehead atoms. The number of hydrogen-bond acceptors (Lipinski definition) is 1. The van der Waals surface area contributed by atoms with E-state index in [1.807, 2.05) is 6.20 Å². The first-order valence-electron chi connectivity index (χ1n) is 6.17. The van der Waals surface area contributed by atoms with Gasteiger partial charge in [-0.1, -0.05) is 51.0 Å². The van der Waals surface area contributed by atoms with Gasteiger partial charge >= 0.3 is 0 Å². The molecule has 1 aromatic heterocycles. The van der Waals surface area contributed by atoms with Crippen LogP contribution in [0, 0.1) is 0 Å². The van der Waals surface area contributed by atoms with Crippen LogP contribution in [0.25, 0.3) is 0 Å². The topological polar surface area (TPSA) is 12.9 Å². The average Bonchev–Trinajstić information content (AvgIpc) is 2.32. The second-order valence-corrected chi connectivity index (χ2v) is 9.49. The summed E-state index contributed by atoms with van der Waals surface area (Å²) in [6.45, 7) is 9.24. The van der Waals surface area contributed by atoms with Gasteiger partial charge in [0, 0.05) is 11.9 Å². The Morgan fingerprint density at radius 3 is 2.13 bits per heavy atom. The SMILES string of the molecule is CCc1cc([Si](CC)(CC)CC)ccn1. The largest absolute Gasteiger partial charge is 0.261 e. The highest BCUT2D eigenvalue weighted by Gasteiger charge is 2.28. The molecule has 0 aliphatic heterocycles. The van der Waals surface area contributed by atoms with Crippen molar-refractivity contribution in [1.29, 1.82) is 0 Å². The first kappa shape index (κ1) is 12.4. The van der Waals surface area contributed by atoms with Gasteiger partial charge in [-0.2, -0.15) is 0 Å². The molecule has 84 valence electrons. The van der Waals surface area contributed by atoms with Gasteiger partial charge in [0.15, 0.2) is 0 Å². The van der Waals surface area contributed by atoms with E-state index < -0.39 is 8.07 Å².